The topological polar surface area (TPSA) is 81.1 Å². The lowest BCUT2D eigenvalue weighted by Crippen LogP contribution is -2.42. The van der Waals surface area contributed by atoms with Gasteiger partial charge in [0.25, 0.3) is 0 Å². The number of rotatable bonds is 3. The molecular weight excluding hydrogens is 142 g/mol. The zero-order valence-corrected chi connectivity index (χ0v) is 6.71. The van der Waals surface area contributed by atoms with Crippen LogP contribution >= 0.6 is 0 Å². The maximum atomic E-state index is 11.1. The summed E-state index contributed by atoms with van der Waals surface area (Å²) < 4.78 is 0. The van der Waals surface area contributed by atoms with E-state index >= 15 is 0 Å². The smallest absolute Gasteiger partial charge is 0.237 e. The van der Waals surface area contributed by atoms with Crippen molar-refractivity contribution in [3.8, 4) is 0 Å². The van der Waals surface area contributed by atoms with Gasteiger partial charge in [0.2, 0.25) is 5.91 Å². The second kappa shape index (κ2) is 3.19. The molecule has 1 saturated carbocycles. The molecule has 0 saturated heterocycles. The Hall–Kier alpha value is -0.610. The Balaban J connectivity index is 2.21. The average Bonchev–Trinajstić information content (AvgIpc) is 2.65. The fraction of sp³-hybridized carbons (Fsp3) is 0.857. The molecule has 0 bridgehead atoms. The molecule has 4 nitrogen and oxygen atoms in total. The molecule has 0 radical (unpaired) electrons. The summed E-state index contributed by atoms with van der Waals surface area (Å²) in [6, 6.07) is -0.0362. The number of carbonyl (C=O) groups is 1. The summed E-state index contributed by atoms with van der Waals surface area (Å²) in [5.74, 6) is -0.0783. The van der Waals surface area contributed by atoms with Crippen LogP contribution in [0.25, 0.3) is 0 Å². The molecule has 1 rings (SSSR count). The summed E-state index contributed by atoms with van der Waals surface area (Å²) in [5, 5.41) is 2.77. The van der Waals surface area contributed by atoms with E-state index in [4.69, 9.17) is 11.5 Å². The van der Waals surface area contributed by atoms with Gasteiger partial charge < -0.3 is 16.8 Å². The minimum Gasteiger partial charge on any atom is -0.350 e. The Bertz CT molecular complexity index is 160. The first-order chi connectivity index (χ1) is 5.15. The molecule has 0 aliphatic heterocycles. The molecule has 1 aliphatic rings. The lowest BCUT2D eigenvalue weighted by Gasteiger charge is -2.08. The van der Waals surface area contributed by atoms with Crippen molar-refractivity contribution in [2.45, 2.75) is 37.9 Å². The molecule has 4 heteroatoms. The first-order valence-corrected chi connectivity index (χ1v) is 3.96. The molecule has 1 amide bonds. The van der Waals surface area contributed by atoms with E-state index in [1.54, 1.807) is 0 Å². The summed E-state index contributed by atoms with van der Waals surface area (Å²) in [5.41, 5.74) is 11.0. The Morgan fingerprint density at radius 3 is 2.73 bits per heavy atom. The third-order valence-electron chi connectivity index (χ3n) is 1.94. The van der Waals surface area contributed by atoms with Crippen molar-refractivity contribution in [3.05, 3.63) is 0 Å². The van der Waals surface area contributed by atoms with Crippen LogP contribution in [0.2, 0.25) is 0 Å². The molecule has 1 fully saturated rings. The SMILES string of the molecule is CC[C@@H](N)C(=O)NC1CC1N. The number of hydrogen-bond donors (Lipinski definition) is 3. The molecule has 3 atom stereocenters. The fourth-order valence-electron chi connectivity index (χ4n) is 0.856. The van der Waals surface area contributed by atoms with Crippen molar-refractivity contribution < 1.29 is 4.79 Å². The molecule has 5 N–H and O–H groups in total. The first-order valence-electron chi connectivity index (χ1n) is 3.96. The van der Waals surface area contributed by atoms with E-state index in [-0.39, 0.29) is 24.0 Å². The van der Waals surface area contributed by atoms with E-state index in [0.29, 0.717) is 6.42 Å². The highest BCUT2D eigenvalue weighted by molar-refractivity contribution is 5.82. The van der Waals surface area contributed by atoms with Crippen LogP contribution in [-0.2, 0) is 4.79 Å². The van der Waals surface area contributed by atoms with E-state index < -0.39 is 0 Å². The quantitative estimate of drug-likeness (QED) is 0.488. The van der Waals surface area contributed by atoms with Crippen LogP contribution in [0.15, 0.2) is 0 Å². The highest BCUT2D eigenvalue weighted by Crippen LogP contribution is 2.17. The molecule has 0 spiro atoms. The largest absolute Gasteiger partial charge is 0.350 e. The van der Waals surface area contributed by atoms with Gasteiger partial charge in [0, 0.05) is 12.1 Å². The summed E-state index contributed by atoms with van der Waals surface area (Å²) in [4.78, 5) is 11.1. The first kappa shape index (κ1) is 8.49. The zero-order chi connectivity index (χ0) is 8.43. The molecular formula is C7H15N3O. The van der Waals surface area contributed by atoms with E-state index in [1.165, 1.54) is 0 Å². The Morgan fingerprint density at radius 2 is 2.36 bits per heavy atom. The molecule has 2 unspecified atom stereocenters. The summed E-state index contributed by atoms with van der Waals surface area (Å²) in [6.45, 7) is 1.89. The lowest BCUT2D eigenvalue weighted by atomic mass is 10.2. The van der Waals surface area contributed by atoms with Gasteiger partial charge in [-0.2, -0.15) is 0 Å². The molecule has 0 aromatic heterocycles. The predicted octanol–water partition coefficient (Wildman–Crippen LogP) is -1.06. The van der Waals surface area contributed by atoms with Crippen molar-refractivity contribution in [1.82, 2.24) is 5.32 Å². The van der Waals surface area contributed by atoms with Gasteiger partial charge in [-0.25, -0.2) is 0 Å². The predicted molar refractivity (Wildman–Crippen MR) is 42.8 cm³/mol. The lowest BCUT2D eigenvalue weighted by molar-refractivity contribution is -0.122. The third kappa shape index (κ3) is 2.17. The minimum absolute atomic E-state index is 0.0783. The van der Waals surface area contributed by atoms with Crippen LogP contribution in [0.4, 0.5) is 0 Å². The van der Waals surface area contributed by atoms with Gasteiger partial charge >= 0.3 is 0 Å². The fourth-order valence-corrected chi connectivity index (χ4v) is 0.856. The number of nitrogens with one attached hydrogen (secondary N) is 1. The van der Waals surface area contributed by atoms with Gasteiger partial charge in [0.05, 0.1) is 6.04 Å². The van der Waals surface area contributed by atoms with Gasteiger partial charge in [-0.05, 0) is 12.8 Å². The average molecular weight is 157 g/mol. The second-order valence-corrected chi connectivity index (χ2v) is 3.03. The Labute approximate surface area is 66.3 Å². The van der Waals surface area contributed by atoms with Crippen LogP contribution in [-0.4, -0.2) is 24.0 Å². The van der Waals surface area contributed by atoms with Crippen LogP contribution < -0.4 is 16.8 Å². The van der Waals surface area contributed by atoms with Gasteiger partial charge in [-0.3, -0.25) is 4.79 Å². The van der Waals surface area contributed by atoms with E-state index in [0.717, 1.165) is 6.42 Å². The van der Waals surface area contributed by atoms with Gasteiger partial charge in [0.15, 0.2) is 0 Å². The number of carbonyl (C=O) groups excluding carboxylic acids is 1. The maximum Gasteiger partial charge on any atom is 0.237 e. The number of nitrogens with two attached hydrogens (primary N) is 2. The maximum absolute atomic E-state index is 11.1. The molecule has 0 aromatic carbocycles. The standard InChI is InChI=1S/C7H15N3O/c1-2-4(8)7(11)10-6-3-5(6)9/h4-6H,2-3,8-9H2,1H3,(H,10,11)/t4-,5?,6?/m1/s1. The summed E-state index contributed by atoms with van der Waals surface area (Å²) in [7, 11) is 0. The van der Waals surface area contributed by atoms with Crippen molar-refractivity contribution >= 4 is 5.91 Å². The molecule has 0 heterocycles. The normalized spacial score (nSPS) is 31.2. The van der Waals surface area contributed by atoms with Crippen molar-refractivity contribution in [3.63, 3.8) is 0 Å². The van der Waals surface area contributed by atoms with Crippen LogP contribution in [0, 0.1) is 0 Å². The van der Waals surface area contributed by atoms with Gasteiger partial charge in [-0.1, -0.05) is 6.92 Å². The summed E-state index contributed by atoms with van der Waals surface area (Å²) >= 11 is 0. The minimum atomic E-state index is -0.372. The van der Waals surface area contributed by atoms with Crippen LogP contribution in [0.1, 0.15) is 19.8 Å². The zero-order valence-electron chi connectivity index (χ0n) is 6.71. The highest BCUT2D eigenvalue weighted by Gasteiger charge is 2.35. The molecule has 0 aromatic rings. The van der Waals surface area contributed by atoms with E-state index in [2.05, 4.69) is 5.32 Å². The van der Waals surface area contributed by atoms with E-state index in [1.807, 2.05) is 6.92 Å². The van der Waals surface area contributed by atoms with Gasteiger partial charge in [0.1, 0.15) is 0 Å². The number of amides is 1. The molecule has 11 heavy (non-hydrogen) atoms. The van der Waals surface area contributed by atoms with Crippen LogP contribution in [0.3, 0.4) is 0 Å². The third-order valence-corrected chi connectivity index (χ3v) is 1.94. The Kier molecular flexibility index (Phi) is 2.46. The molecule has 1 aliphatic carbocycles. The van der Waals surface area contributed by atoms with Gasteiger partial charge in [-0.15, -0.1) is 0 Å². The van der Waals surface area contributed by atoms with Crippen molar-refractivity contribution in [1.29, 1.82) is 0 Å². The van der Waals surface area contributed by atoms with Crippen molar-refractivity contribution in [2.24, 2.45) is 11.5 Å². The molecule has 64 valence electrons. The highest BCUT2D eigenvalue weighted by atomic mass is 16.2. The van der Waals surface area contributed by atoms with Crippen LogP contribution in [0.5, 0.6) is 0 Å². The van der Waals surface area contributed by atoms with E-state index in [9.17, 15) is 4.79 Å². The monoisotopic (exact) mass is 157 g/mol. The van der Waals surface area contributed by atoms with Crippen molar-refractivity contribution in [2.75, 3.05) is 0 Å². The Morgan fingerprint density at radius 1 is 1.82 bits per heavy atom. The summed E-state index contributed by atoms with van der Waals surface area (Å²) in [6.07, 6.45) is 1.57. The second-order valence-electron chi connectivity index (χ2n) is 3.03. The number of hydrogen-bond acceptors (Lipinski definition) is 3.